The van der Waals surface area contributed by atoms with Crippen molar-refractivity contribution in [2.45, 2.75) is 19.1 Å². The van der Waals surface area contributed by atoms with E-state index in [1.165, 1.54) is 0 Å². The Morgan fingerprint density at radius 2 is 1.71 bits per heavy atom. The third kappa shape index (κ3) is 4.01. The molecule has 158 valence electrons. The third-order valence-corrected chi connectivity index (χ3v) is 5.78. The van der Waals surface area contributed by atoms with E-state index in [-0.39, 0.29) is 30.2 Å². The summed E-state index contributed by atoms with van der Waals surface area (Å²) in [4.78, 5) is 28.8. The lowest BCUT2D eigenvalue weighted by Gasteiger charge is -2.40. The molecule has 2 aromatic carbocycles. The van der Waals surface area contributed by atoms with Crippen molar-refractivity contribution in [1.29, 1.82) is 0 Å². The minimum Gasteiger partial charge on any atom is -0.487 e. The van der Waals surface area contributed by atoms with Gasteiger partial charge >= 0.3 is 0 Å². The van der Waals surface area contributed by atoms with Crippen LogP contribution in [0.3, 0.4) is 0 Å². The summed E-state index contributed by atoms with van der Waals surface area (Å²) in [6, 6.07) is 19.2. The molecule has 2 amide bonds. The lowest BCUT2D eigenvalue weighted by atomic mass is 10.0. The van der Waals surface area contributed by atoms with Crippen molar-refractivity contribution in [2.75, 3.05) is 24.5 Å². The van der Waals surface area contributed by atoms with E-state index in [0.717, 1.165) is 17.1 Å². The SMILES string of the molecule is O=C(C1CC(=O)N(c2ccccc2)C1)N1CC(n2cc(COc3ccccc3)nn2)C1. The van der Waals surface area contributed by atoms with Crippen LogP contribution >= 0.6 is 0 Å². The van der Waals surface area contributed by atoms with Crippen LogP contribution in [0.1, 0.15) is 18.2 Å². The summed E-state index contributed by atoms with van der Waals surface area (Å²) < 4.78 is 7.50. The van der Waals surface area contributed by atoms with Crippen LogP contribution in [0.5, 0.6) is 5.75 Å². The van der Waals surface area contributed by atoms with Gasteiger partial charge in [-0.3, -0.25) is 9.59 Å². The van der Waals surface area contributed by atoms with Crippen LogP contribution in [-0.2, 0) is 16.2 Å². The van der Waals surface area contributed by atoms with E-state index >= 15 is 0 Å². The van der Waals surface area contributed by atoms with E-state index in [4.69, 9.17) is 4.74 Å². The molecule has 1 unspecified atom stereocenters. The topological polar surface area (TPSA) is 80.6 Å². The van der Waals surface area contributed by atoms with Crippen LogP contribution in [0.25, 0.3) is 0 Å². The number of aromatic nitrogens is 3. The maximum absolute atomic E-state index is 12.9. The summed E-state index contributed by atoms with van der Waals surface area (Å²) in [5.74, 6) is 0.532. The number of carbonyl (C=O) groups excluding carboxylic acids is 2. The monoisotopic (exact) mass is 417 g/mol. The van der Waals surface area contributed by atoms with Gasteiger partial charge in [0.15, 0.2) is 0 Å². The molecule has 2 aliphatic heterocycles. The number of rotatable bonds is 6. The first-order valence-electron chi connectivity index (χ1n) is 10.4. The first kappa shape index (κ1) is 19.3. The van der Waals surface area contributed by atoms with Crippen molar-refractivity contribution >= 4 is 17.5 Å². The minimum absolute atomic E-state index is 0.000887. The molecule has 5 rings (SSSR count). The Bertz CT molecular complexity index is 1060. The summed E-state index contributed by atoms with van der Waals surface area (Å²) in [6.07, 6.45) is 2.13. The zero-order chi connectivity index (χ0) is 21.2. The quantitative estimate of drug-likeness (QED) is 0.615. The van der Waals surface area contributed by atoms with E-state index in [1.54, 1.807) is 14.5 Å². The van der Waals surface area contributed by atoms with Crippen LogP contribution in [0.2, 0.25) is 0 Å². The summed E-state index contributed by atoms with van der Waals surface area (Å²) in [6.45, 7) is 1.94. The highest BCUT2D eigenvalue weighted by atomic mass is 16.5. The van der Waals surface area contributed by atoms with Crippen molar-refractivity contribution in [1.82, 2.24) is 19.9 Å². The zero-order valence-corrected chi connectivity index (χ0v) is 17.0. The molecule has 0 radical (unpaired) electrons. The molecule has 2 saturated heterocycles. The average molecular weight is 417 g/mol. The van der Waals surface area contributed by atoms with Gasteiger partial charge in [-0.25, -0.2) is 4.68 Å². The van der Waals surface area contributed by atoms with Crippen LogP contribution in [0.4, 0.5) is 5.69 Å². The Morgan fingerprint density at radius 3 is 2.45 bits per heavy atom. The second kappa shape index (κ2) is 8.22. The molecule has 0 aliphatic carbocycles. The second-order valence-electron chi connectivity index (χ2n) is 7.93. The van der Waals surface area contributed by atoms with E-state index in [0.29, 0.717) is 26.2 Å². The van der Waals surface area contributed by atoms with Crippen LogP contribution in [0.15, 0.2) is 66.9 Å². The molecular formula is C23H23N5O3. The fraction of sp³-hybridized carbons (Fsp3) is 0.304. The largest absolute Gasteiger partial charge is 0.487 e. The number of benzene rings is 2. The van der Waals surface area contributed by atoms with Crippen molar-refractivity contribution in [3.63, 3.8) is 0 Å². The molecule has 2 aliphatic rings. The van der Waals surface area contributed by atoms with Gasteiger partial charge in [0, 0.05) is 31.7 Å². The highest BCUT2D eigenvalue weighted by molar-refractivity contribution is 6.00. The van der Waals surface area contributed by atoms with Crippen LogP contribution < -0.4 is 9.64 Å². The van der Waals surface area contributed by atoms with Gasteiger partial charge in [-0.05, 0) is 24.3 Å². The van der Waals surface area contributed by atoms with Gasteiger partial charge in [-0.15, -0.1) is 5.10 Å². The van der Waals surface area contributed by atoms with Crippen molar-refractivity contribution in [3.05, 3.63) is 72.6 Å². The Morgan fingerprint density at radius 1 is 1.00 bits per heavy atom. The zero-order valence-electron chi connectivity index (χ0n) is 17.0. The minimum atomic E-state index is -0.292. The van der Waals surface area contributed by atoms with Gasteiger partial charge in [0.2, 0.25) is 11.8 Å². The molecule has 2 fully saturated rings. The van der Waals surface area contributed by atoms with Gasteiger partial charge < -0.3 is 14.5 Å². The summed E-state index contributed by atoms with van der Waals surface area (Å²) >= 11 is 0. The number of likely N-dealkylation sites (tertiary alicyclic amines) is 1. The van der Waals surface area contributed by atoms with Crippen molar-refractivity contribution in [2.24, 2.45) is 5.92 Å². The van der Waals surface area contributed by atoms with E-state index in [9.17, 15) is 9.59 Å². The predicted octanol–water partition coefficient (Wildman–Crippen LogP) is 2.29. The lowest BCUT2D eigenvalue weighted by Crippen LogP contribution is -2.53. The summed E-state index contributed by atoms with van der Waals surface area (Å²) in [5, 5.41) is 8.36. The Balaban J connectivity index is 1.13. The first-order valence-corrected chi connectivity index (χ1v) is 10.4. The number of hydrogen-bond donors (Lipinski definition) is 0. The van der Waals surface area contributed by atoms with E-state index < -0.39 is 0 Å². The molecular weight excluding hydrogens is 394 g/mol. The molecule has 31 heavy (non-hydrogen) atoms. The smallest absolute Gasteiger partial charge is 0.228 e. The predicted molar refractivity (Wildman–Crippen MR) is 113 cm³/mol. The molecule has 0 N–H and O–H groups in total. The molecule has 0 saturated carbocycles. The maximum Gasteiger partial charge on any atom is 0.228 e. The molecule has 1 atom stereocenters. The normalized spacial score (nSPS) is 18.8. The second-order valence-corrected chi connectivity index (χ2v) is 7.93. The molecule has 1 aromatic heterocycles. The molecule has 0 spiro atoms. The number of anilines is 1. The van der Waals surface area contributed by atoms with Crippen molar-refractivity contribution in [3.8, 4) is 5.75 Å². The Hall–Kier alpha value is -3.68. The van der Waals surface area contributed by atoms with E-state index in [2.05, 4.69) is 10.3 Å². The first-order chi connectivity index (χ1) is 15.2. The third-order valence-electron chi connectivity index (χ3n) is 5.78. The van der Waals surface area contributed by atoms with Gasteiger partial charge in [0.25, 0.3) is 0 Å². The molecule has 8 heteroatoms. The van der Waals surface area contributed by atoms with Gasteiger partial charge in [-0.1, -0.05) is 41.6 Å². The molecule has 8 nitrogen and oxygen atoms in total. The highest BCUT2D eigenvalue weighted by Gasteiger charge is 2.41. The van der Waals surface area contributed by atoms with Gasteiger partial charge in [0.1, 0.15) is 18.1 Å². The maximum atomic E-state index is 12.9. The number of amides is 2. The molecule has 0 bridgehead atoms. The molecule has 3 heterocycles. The van der Waals surface area contributed by atoms with Crippen LogP contribution in [-0.4, -0.2) is 51.3 Å². The van der Waals surface area contributed by atoms with Crippen LogP contribution in [0, 0.1) is 5.92 Å². The fourth-order valence-electron chi connectivity index (χ4n) is 4.02. The van der Waals surface area contributed by atoms with Gasteiger partial charge in [-0.2, -0.15) is 0 Å². The van der Waals surface area contributed by atoms with Crippen molar-refractivity contribution < 1.29 is 14.3 Å². The standard InChI is InChI=1S/C23H23N5O3/c29-22-11-17(12-27(22)19-7-3-1-4-8-19)23(30)26-14-20(15-26)28-13-18(24-25-28)16-31-21-9-5-2-6-10-21/h1-10,13,17,20H,11-12,14-16H2. The average Bonchev–Trinajstić information content (AvgIpc) is 3.39. The number of ether oxygens (including phenoxy) is 1. The number of nitrogens with zero attached hydrogens (tertiary/aromatic N) is 5. The highest BCUT2D eigenvalue weighted by Crippen LogP contribution is 2.29. The fourth-order valence-corrected chi connectivity index (χ4v) is 4.02. The molecule has 3 aromatic rings. The number of carbonyl (C=O) groups is 2. The summed E-state index contributed by atoms with van der Waals surface area (Å²) in [5.41, 5.74) is 1.59. The summed E-state index contributed by atoms with van der Waals surface area (Å²) in [7, 11) is 0. The van der Waals surface area contributed by atoms with E-state index in [1.807, 2.05) is 66.9 Å². The Kier molecular flexibility index (Phi) is 5.11. The lowest BCUT2D eigenvalue weighted by molar-refractivity contribution is -0.141. The number of para-hydroxylation sites is 2. The number of hydrogen-bond acceptors (Lipinski definition) is 5. The van der Waals surface area contributed by atoms with Gasteiger partial charge in [0.05, 0.1) is 18.2 Å². The Labute approximate surface area is 180 Å².